The molecule has 0 aliphatic heterocycles. The van der Waals surface area contributed by atoms with Gasteiger partial charge in [-0.05, 0) is 106 Å². The van der Waals surface area contributed by atoms with E-state index in [9.17, 15) is 0 Å². The molecule has 0 unspecified atom stereocenters. The fourth-order valence-electron chi connectivity index (χ4n) is 8.24. The molecule has 0 spiro atoms. The molecule has 318 valence electrons. The second-order valence-corrected chi connectivity index (χ2v) is 25.6. The molecular weight excluding hydrogens is 833 g/mol. The fourth-order valence-corrected chi connectivity index (χ4v) is 20.4. The Hall–Kier alpha value is -4.52. The van der Waals surface area contributed by atoms with Crippen LogP contribution in [-0.4, -0.2) is 17.7 Å². The van der Waals surface area contributed by atoms with Crippen LogP contribution in [0.25, 0.3) is 0 Å². The lowest BCUT2D eigenvalue weighted by Gasteiger charge is -2.36. The van der Waals surface area contributed by atoms with Crippen molar-refractivity contribution in [3.8, 4) is 0 Å². The number of benzene rings is 8. The molecule has 0 saturated heterocycles. The Morgan fingerprint density at radius 2 is 0.492 bits per heavy atom. The fraction of sp³-hybridized carbons (Fsp3) is 0.186. The van der Waals surface area contributed by atoms with Gasteiger partial charge in [0.1, 0.15) is 0 Å². The molecule has 8 aromatic rings. The van der Waals surface area contributed by atoms with E-state index in [1.54, 1.807) is 0 Å². The Labute approximate surface area is 384 Å². The SMILES string of the molecule is CCCCC(P(c1ccccc1)c1ccccc1)P(c1ccccc1)c1ccccc1.c1ccc(P(CCCCCCP(c2ccccc2)c2ccccc2)c2ccccc2)cc1. The molecule has 0 saturated carbocycles. The van der Waals surface area contributed by atoms with Crippen LogP contribution in [0, 0.1) is 0 Å². The highest BCUT2D eigenvalue weighted by atomic mass is 31.2. The van der Waals surface area contributed by atoms with Gasteiger partial charge in [-0.2, -0.15) is 0 Å². The average molecular weight is 895 g/mol. The van der Waals surface area contributed by atoms with E-state index in [1.807, 2.05) is 0 Å². The molecular formula is C59H62P4. The van der Waals surface area contributed by atoms with Crippen molar-refractivity contribution < 1.29 is 0 Å². The number of rotatable bonds is 20. The summed E-state index contributed by atoms with van der Waals surface area (Å²) in [5.41, 5.74) is 0. The molecule has 8 aromatic carbocycles. The van der Waals surface area contributed by atoms with Gasteiger partial charge in [-0.1, -0.05) is 275 Å². The van der Waals surface area contributed by atoms with Crippen molar-refractivity contribution in [2.24, 2.45) is 0 Å². The van der Waals surface area contributed by atoms with Crippen molar-refractivity contribution in [3.63, 3.8) is 0 Å². The molecule has 0 atom stereocenters. The Bertz CT molecular complexity index is 2050. The first-order chi connectivity index (χ1) is 31.3. The van der Waals surface area contributed by atoms with Crippen LogP contribution in [-0.2, 0) is 0 Å². The van der Waals surface area contributed by atoms with E-state index < -0.39 is 15.8 Å². The smallest absolute Gasteiger partial charge is 0.0155 e. The summed E-state index contributed by atoms with van der Waals surface area (Å²) in [6.45, 7) is 2.32. The summed E-state index contributed by atoms with van der Waals surface area (Å²) in [6.07, 6.45) is 11.6. The third kappa shape index (κ3) is 14.0. The standard InChI is InChI=1S/C30H32P2.C29H30P2/c1(15-25-31(27-17-7-3-8-18-27)28-19-9-4-10-20-28)2-16-26-32(29-21-11-5-12-22-29)30-23-13-6-14-24-30;1-2-3-24-29(30(25-16-8-4-9-17-25)26-18-10-5-11-19-26)31(27-20-12-6-13-21-27)28-22-14-7-15-23-28/h3-14,17-24H,1-2,15-16,25-26H2;4-23,29H,2-3,24H2,1H3. The van der Waals surface area contributed by atoms with Crippen LogP contribution in [0.4, 0.5) is 0 Å². The van der Waals surface area contributed by atoms with Crippen LogP contribution in [0.15, 0.2) is 243 Å². The van der Waals surface area contributed by atoms with Gasteiger partial charge in [0, 0.05) is 5.40 Å². The molecule has 0 nitrogen and oxygen atoms in total. The quantitative estimate of drug-likeness (QED) is 0.0528. The molecule has 4 heteroatoms. The summed E-state index contributed by atoms with van der Waals surface area (Å²) in [5, 5.41) is 12.6. The lowest BCUT2D eigenvalue weighted by atomic mass is 10.2. The Morgan fingerprint density at radius 1 is 0.270 bits per heavy atom. The van der Waals surface area contributed by atoms with Crippen LogP contribution < -0.4 is 42.4 Å². The lowest BCUT2D eigenvalue weighted by molar-refractivity contribution is 0.709. The van der Waals surface area contributed by atoms with E-state index in [1.165, 1.54) is 99.7 Å². The summed E-state index contributed by atoms with van der Waals surface area (Å²) in [6, 6.07) is 89.4. The van der Waals surface area contributed by atoms with Crippen LogP contribution in [0.1, 0.15) is 51.9 Å². The minimum absolute atomic E-state index is 0.252. The van der Waals surface area contributed by atoms with Gasteiger partial charge >= 0.3 is 0 Å². The predicted octanol–water partition coefficient (Wildman–Crippen LogP) is 13.6. The Kier molecular flexibility index (Phi) is 19.4. The Balaban J connectivity index is 0.000000189. The van der Waals surface area contributed by atoms with Gasteiger partial charge in [-0.3, -0.25) is 0 Å². The lowest BCUT2D eigenvalue weighted by Crippen LogP contribution is -2.27. The first-order valence-corrected chi connectivity index (χ1v) is 28.7. The average Bonchev–Trinajstić information content (AvgIpc) is 3.37. The molecule has 0 fully saturated rings. The molecule has 0 amide bonds. The highest BCUT2D eigenvalue weighted by Gasteiger charge is 2.33. The molecule has 8 rings (SSSR count). The molecule has 0 aromatic heterocycles. The summed E-state index contributed by atoms with van der Waals surface area (Å²) < 4.78 is 0. The van der Waals surface area contributed by atoms with Crippen molar-refractivity contribution in [1.29, 1.82) is 0 Å². The van der Waals surface area contributed by atoms with E-state index in [-0.39, 0.29) is 15.8 Å². The highest BCUT2D eigenvalue weighted by Crippen LogP contribution is 2.58. The van der Waals surface area contributed by atoms with Crippen molar-refractivity contribution in [2.75, 3.05) is 12.3 Å². The van der Waals surface area contributed by atoms with Crippen molar-refractivity contribution in [3.05, 3.63) is 243 Å². The van der Waals surface area contributed by atoms with Gasteiger partial charge in [0.2, 0.25) is 0 Å². The van der Waals surface area contributed by atoms with Gasteiger partial charge < -0.3 is 0 Å². The number of unbranched alkanes of at least 4 members (excludes halogenated alkanes) is 4. The van der Waals surface area contributed by atoms with E-state index in [2.05, 4.69) is 250 Å². The third-order valence-electron chi connectivity index (χ3n) is 11.3. The minimum atomic E-state index is -0.484. The second kappa shape index (κ2) is 26.3. The number of hydrogen-bond acceptors (Lipinski definition) is 0. The molecule has 0 N–H and O–H groups in total. The maximum Gasteiger partial charge on any atom is 0.0155 e. The monoisotopic (exact) mass is 894 g/mol. The van der Waals surface area contributed by atoms with Crippen LogP contribution in [0.5, 0.6) is 0 Å². The Morgan fingerprint density at radius 3 is 0.714 bits per heavy atom. The molecule has 0 radical (unpaired) electrons. The minimum Gasteiger partial charge on any atom is -0.0654 e. The topological polar surface area (TPSA) is 0 Å². The molecule has 0 aliphatic carbocycles. The molecule has 0 aliphatic rings. The van der Waals surface area contributed by atoms with E-state index >= 15 is 0 Å². The first-order valence-electron chi connectivity index (χ1n) is 22.8. The van der Waals surface area contributed by atoms with Gasteiger partial charge in [0.05, 0.1) is 0 Å². The van der Waals surface area contributed by atoms with Crippen molar-refractivity contribution in [2.45, 2.75) is 57.3 Å². The van der Waals surface area contributed by atoms with Crippen molar-refractivity contribution >= 4 is 74.1 Å². The predicted molar refractivity (Wildman–Crippen MR) is 288 cm³/mol. The maximum atomic E-state index is 2.35. The molecule has 0 heterocycles. The zero-order valence-corrected chi connectivity index (χ0v) is 40.4. The van der Waals surface area contributed by atoms with Crippen molar-refractivity contribution in [1.82, 2.24) is 0 Å². The maximum absolute atomic E-state index is 2.35. The number of hydrogen-bond donors (Lipinski definition) is 0. The first kappa shape index (κ1) is 46.5. The highest BCUT2D eigenvalue weighted by molar-refractivity contribution is 7.89. The third-order valence-corrected chi connectivity index (χ3v) is 23.1. The molecule has 63 heavy (non-hydrogen) atoms. The van der Waals surface area contributed by atoms with Gasteiger partial charge in [0.15, 0.2) is 0 Å². The molecule has 0 bridgehead atoms. The van der Waals surface area contributed by atoms with E-state index in [0.717, 1.165) is 0 Å². The van der Waals surface area contributed by atoms with Crippen LogP contribution >= 0.6 is 31.7 Å². The summed E-state index contributed by atoms with van der Waals surface area (Å²) in [7, 11) is -1.47. The second-order valence-electron chi connectivity index (χ2n) is 15.8. The van der Waals surface area contributed by atoms with Crippen LogP contribution in [0.3, 0.4) is 0 Å². The van der Waals surface area contributed by atoms with Gasteiger partial charge in [-0.15, -0.1) is 0 Å². The largest absolute Gasteiger partial charge is 0.0654 e. The zero-order valence-electron chi connectivity index (χ0n) is 36.8. The summed E-state index contributed by atoms with van der Waals surface area (Å²) in [4.78, 5) is 0. The van der Waals surface area contributed by atoms with Gasteiger partial charge in [0.25, 0.3) is 0 Å². The summed E-state index contributed by atoms with van der Waals surface area (Å²) >= 11 is 0. The van der Waals surface area contributed by atoms with E-state index in [0.29, 0.717) is 5.40 Å². The van der Waals surface area contributed by atoms with Gasteiger partial charge in [-0.25, -0.2) is 0 Å². The normalized spacial score (nSPS) is 11.3. The van der Waals surface area contributed by atoms with E-state index in [4.69, 9.17) is 0 Å². The van der Waals surface area contributed by atoms with Crippen LogP contribution in [0.2, 0.25) is 0 Å². The zero-order chi connectivity index (χ0) is 43.2. The summed E-state index contributed by atoms with van der Waals surface area (Å²) in [5.74, 6) is 0.